The molecule has 1 aliphatic carbocycles. The molecule has 1 aliphatic rings. The van der Waals surface area contributed by atoms with Gasteiger partial charge in [0.05, 0.1) is 6.61 Å². The Kier molecular flexibility index (Phi) is 7.27. The van der Waals surface area contributed by atoms with Crippen LogP contribution in [0.3, 0.4) is 0 Å². The Hall–Kier alpha value is -2.34. The van der Waals surface area contributed by atoms with Crippen LogP contribution in [-0.4, -0.2) is 11.6 Å². The highest BCUT2D eigenvalue weighted by Crippen LogP contribution is 2.36. The number of nitrogens with zero attached hydrogens (tertiary/aromatic N) is 1. The van der Waals surface area contributed by atoms with Crippen LogP contribution >= 0.6 is 0 Å². The number of hydrogen-bond donors (Lipinski definition) is 0. The van der Waals surface area contributed by atoms with E-state index in [1.807, 2.05) is 0 Å². The quantitative estimate of drug-likeness (QED) is 0.350. The Morgan fingerprint density at radius 2 is 1.81 bits per heavy atom. The van der Waals surface area contributed by atoms with E-state index in [9.17, 15) is 4.39 Å². The molecule has 0 N–H and O–H groups in total. The number of rotatable bonds is 6. The third kappa shape index (κ3) is 6.10. The topological polar surface area (TPSA) is 22.1 Å². The maximum Gasteiger partial charge on any atom is 0.212 e. The Balaban J connectivity index is 1.47. The first kappa shape index (κ1) is 19.4. The molecule has 0 bridgehead atoms. The molecule has 0 saturated heterocycles. The highest BCUT2D eigenvalue weighted by molar-refractivity contribution is 5.33. The molecule has 27 heavy (non-hydrogen) atoms. The van der Waals surface area contributed by atoms with Gasteiger partial charge >= 0.3 is 0 Å². The number of benzene rings is 1. The van der Waals surface area contributed by atoms with E-state index in [2.05, 4.69) is 48.0 Å². The Labute approximate surface area is 162 Å². The van der Waals surface area contributed by atoms with Gasteiger partial charge in [-0.1, -0.05) is 43.7 Å². The smallest absolute Gasteiger partial charge is 0.212 e. The molecular formula is C24H28FNO. The van der Waals surface area contributed by atoms with Crippen LogP contribution in [0.1, 0.15) is 68.9 Å². The van der Waals surface area contributed by atoms with E-state index in [4.69, 9.17) is 4.74 Å². The third-order valence-electron chi connectivity index (χ3n) is 5.24. The Morgan fingerprint density at radius 3 is 2.48 bits per heavy atom. The number of ether oxygens (including phenoxy) is 1. The molecule has 1 aromatic carbocycles. The average molecular weight is 365 g/mol. The molecule has 0 amide bonds. The van der Waals surface area contributed by atoms with Gasteiger partial charge in [0.25, 0.3) is 0 Å². The second kappa shape index (κ2) is 10.1. The highest BCUT2D eigenvalue weighted by Gasteiger charge is 2.21. The summed E-state index contributed by atoms with van der Waals surface area (Å²) < 4.78 is 18.6. The highest BCUT2D eigenvalue weighted by atomic mass is 19.1. The van der Waals surface area contributed by atoms with Crippen molar-refractivity contribution in [3.05, 3.63) is 59.7 Å². The minimum absolute atomic E-state index is 0.424. The summed E-state index contributed by atoms with van der Waals surface area (Å²) in [6, 6.07) is 11.7. The maximum atomic E-state index is 12.8. The second-order valence-electron chi connectivity index (χ2n) is 7.31. The molecule has 142 valence electrons. The molecular weight excluding hydrogens is 337 g/mol. The summed E-state index contributed by atoms with van der Waals surface area (Å²) in [5, 5.41) is 0. The van der Waals surface area contributed by atoms with Crippen molar-refractivity contribution in [2.75, 3.05) is 6.61 Å². The molecule has 2 nitrogen and oxygen atoms in total. The maximum absolute atomic E-state index is 12.8. The van der Waals surface area contributed by atoms with Crippen molar-refractivity contribution in [1.82, 2.24) is 4.98 Å². The van der Waals surface area contributed by atoms with E-state index in [-0.39, 0.29) is 0 Å². The molecule has 1 fully saturated rings. The molecule has 2 aromatic rings. The number of hydrogen-bond acceptors (Lipinski definition) is 2. The molecule has 1 saturated carbocycles. The van der Waals surface area contributed by atoms with Crippen molar-refractivity contribution in [3.63, 3.8) is 0 Å². The van der Waals surface area contributed by atoms with Crippen molar-refractivity contribution < 1.29 is 9.13 Å². The zero-order valence-electron chi connectivity index (χ0n) is 16.1. The van der Waals surface area contributed by atoms with E-state index in [0.29, 0.717) is 11.8 Å². The molecule has 0 aliphatic heterocycles. The van der Waals surface area contributed by atoms with Gasteiger partial charge in [0.1, 0.15) is 5.75 Å². The zero-order valence-corrected chi connectivity index (χ0v) is 16.1. The summed E-state index contributed by atoms with van der Waals surface area (Å²) in [7, 11) is 0. The lowest BCUT2D eigenvalue weighted by Gasteiger charge is -2.26. The molecule has 1 heterocycles. The average Bonchev–Trinajstić information content (AvgIpc) is 2.72. The minimum atomic E-state index is -0.460. The summed E-state index contributed by atoms with van der Waals surface area (Å²) >= 11 is 0. The fourth-order valence-corrected chi connectivity index (χ4v) is 3.58. The fourth-order valence-electron chi connectivity index (χ4n) is 3.58. The molecule has 0 atom stereocenters. The predicted molar refractivity (Wildman–Crippen MR) is 107 cm³/mol. The van der Waals surface area contributed by atoms with Crippen LogP contribution in [0.4, 0.5) is 4.39 Å². The molecule has 0 spiro atoms. The lowest BCUT2D eigenvalue weighted by Crippen LogP contribution is -2.12. The van der Waals surface area contributed by atoms with Gasteiger partial charge in [0.2, 0.25) is 5.95 Å². The van der Waals surface area contributed by atoms with Crippen molar-refractivity contribution >= 4 is 0 Å². The Bertz CT molecular complexity index is 750. The molecule has 1 aromatic heterocycles. The molecule has 3 heteroatoms. The second-order valence-corrected chi connectivity index (χ2v) is 7.31. The summed E-state index contributed by atoms with van der Waals surface area (Å²) in [5.74, 6) is 8.03. The van der Waals surface area contributed by atoms with Gasteiger partial charge in [0.15, 0.2) is 0 Å². The first-order valence-electron chi connectivity index (χ1n) is 10.1. The normalized spacial score (nSPS) is 19.2. The molecule has 0 unspecified atom stereocenters. The van der Waals surface area contributed by atoms with Gasteiger partial charge in [-0.2, -0.15) is 4.39 Å². The monoisotopic (exact) mass is 365 g/mol. The van der Waals surface area contributed by atoms with Gasteiger partial charge in [-0.3, -0.25) is 0 Å². The fraction of sp³-hybridized carbons (Fsp3) is 0.458. The van der Waals surface area contributed by atoms with Crippen LogP contribution in [0.25, 0.3) is 0 Å². The summed E-state index contributed by atoms with van der Waals surface area (Å²) in [6.45, 7) is 3.01. The van der Waals surface area contributed by atoms with Gasteiger partial charge in [-0.25, -0.2) is 4.98 Å². The van der Waals surface area contributed by atoms with Crippen molar-refractivity contribution in [2.24, 2.45) is 5.92 Å². The largest absolute Gasteiger partial charge is 0.494 e. The predicted octanol–water partition coefficient (Wildman–Crippen LogP) is 6.12. The summed E-state index contributed by atoms with van der Waals surface area (Å²) in [5.41, 5.74) is 2.19. The van der Waals surface area contributed by atoms with E-state index in [1.54, 1.807) is 6.07 Å². The van der Waals surface area contributed by atoms with Crippen LogP contribution in [-0.2, 0) is 0 Å². The minimum Gasteiger partial charge on any atom is -0.494 e. The van der Waals surface area contributed by atoms with Crippen molar-refractivity contribution in [3.8, 4) is 17.6 Å². The number of unbranched alkanes of at least 4 members (excludes halogenated alkanes) is 2. The van der Waals surface area contributed by atoms with Crippen LogP contribution in [0.5, 0.6) is 5.75 Å². The van der Waals surface area contributed by atoms with Crippen LogP contribution in [0.2, 0.25) is 0 Å². The zero-order chi connectivity index (χ0) is 18.9. The lowest BCUT2D eigenvalue weighted by molar-refractivity contribution is 0.306. The standard InChI is InChI=1S/C24H28FNO/c1-2-3-4-17-27-23-14-12-22(13-15-23)21-10-7-19(8-11-21)5-6-20-9-16-24(25)26-18-20/h9,12-16,18-19,21H,2-4,7-8,10-11,17H2,1H3/t19-,21-. The van der Waals surface area contributed by atoms with Gasteiger partial charge < -0.3 is 4.74 Å². The number of pyridine rings is 1. The molecule has 3 rings (SSSR count). The van der Waals surface area contributed by atoms with Crippen molar-refractivity contribution in [2.45, 2.75) is 57.8 Å². The molecule has 0 radical (unpaired) electrons. The van der Waals surface area contributed by atoms with Crippen LogP contribution < -0.4 is 4.74 Å². The van der Waals surface area contributed by atoms with Gasteiger partial charge in [0, 0.05) is 17.7 Å². The van der Waals surface area contributed by atoms with Crippen LogP contribution in [0.15, 0.2) is 42.6 Å². The first-order chi connectivity index (χ1) is 13.2. The number of halogens is 1. The van der Waals surface area contributed by atoms with E-state index in [1.165, 1.54) is 30.7 Å². The van der Waals surface area contributed by atoms with Crippen molar-refractivity contribution in [1.29, 1.82) is 0 Å². The SMILES string of the molecule is CCCCCOc1ccc([C@H]2CC[C@H](C#Cc3ccc(F)nc3)CC2)cc1. The van der Waals surface area contributed by atoms with Gasteiger partial charge in [-0.05, 0) is 67.9 Å². The number of aromatic nitrogens is 1. The van der Waals surface area contributed by atoms with Gasteiger partial charge in [-0.15, -0.1) is 0 Å². The van der Waals surface area contributed by atoms with E-state index < -0.39 is 5.95 Å². The Morgan fingerprint density at radius 1 is 1.04 bits per heavy atom. The van der Waals surface area contributed by atoms with Crippen LogP contribution in [0, 0.1) is 23.7 Å². The lowest BCUT2D eigenvalue weighted by atomic mass is 9.79. The summed E-state index contributed by atoms with van der Waals surface area (Å²) in [6.07, 6.45) is 9.62. The third-order valence-corrected chi connectivity index (χ3v) is 5.24. The summed E-state index contributed by atoms with van der Waals surface area (Å²) in [4.78, 5) is 3.65. The van der Waals surface area contributed by atoms with E-state index in [0.717, 1.165) is 50.0 Å². The first-order valence-corrected chi connectivity index (χ1v) is 10.1. The van der Waals surface area contributed by atoms with E-state index >= 15 is 0 Å².